The molecule has 0 aliphatic heterocycles. The number of rotatable bonds is 2. The third-order valence-corrected chi connectivity index (χ3v) is 3.55. The second-order valence-corrected chi connectivity index (χ2v) is 9.49. The molecule has 0 bridgehead atoms. The van der Waals surface area contributed by atoms with Gasteiger partial charge in [-0.25, -0.2) is 0 Å². The molecule has 1 saturated carbocycles. The van der Waals surface area contributed by atoms with Gasteiger partial charge in [-0.3, -0.25) is 0 Å². The molecule has 1 fully saturated rings. The average molecular weight is 186 g/mol. The standard InChI is InChI=1S/C10H22OSi/c1-9-7-5-6-8-10(9)11-12(2,3)4/h9-10H,5-8H2,1-4H3/t9-,10-/m0/s1. The minimum atomic E-state index is -1.29. The summed E-state index contributed by atoms with van der Waals surface area (Å²) in [7, 11) is -1.29. The molecule has 0 unspecified atom stereocenters. The van der Waals surface area contributed by atoms with Crippen molar-refractivity contribution in [2.24, 2.45) is 5.92 Å². The Morgan fingerprint density at radius 2 is 1.67 bits per heavy atom. The van der Waals surface area contributed by atoms with E-state index in [1.165, 1.54) is 25.7 Å². The van der Waals surface area contributed by atoms with Gasteiger partial charge in [0.1, 0.15) is 0 Å². The van der Waals surface area contributed by atoms with E-state index >= 15 is 0 Å². The van der Waals surface area contributed by atoms with Crippen molar-refractivity contribution in [2.45, 2.75) is 58.4 Å². The highest BCUT2D eigenvalue weighted by Crippen LogP contribution is 2.28. The molecule has 0 N–H and O–H groups in total. The normalized spacial score (nSPS) is 32.0. The van der Waals surface area contributed by atoms with Gasteiger partial charge in [-0.1, -0.05) is 19.8 Å². The van der Waals surface area contributed by atoms with E-state index in [0.717, 1.165) is 5.92 Å². The quantitative estimate of drug-likeness (QED) is 0.600. The second-order valence-electron chi connectivity index (χ2n) is 5.03. The molecule has 0 aromatic carbocycles. The van der Waals surface area contributed by atoms with E-state index in [-0.39, 0.29) is 0 Å². The lowest BCUT2D eigenvalue weighted by Gasteiger charge is -2.34. The van der Waals surface area contributed by atoms with Crippen LogP contribution < -0.4 is 0 Å². The largest absolute Gasteiger partial charge is 0.414 e. The summed E-state index contributed by atoms with van der Waals surface area (Å²) >= 11 is 0. The molecular weight excluding hydrogens is 164 g/mol. The molecule has 0 heterocycles. The van der Waals surface area contributed by atoms with Gasteiger partial charge < -0.3 is 4.43 Å². The Morgan fingerprint density at radius 1 is 1.08 bits per heavy atom. The van der Waals surface area contributed by atoms with E-state index in [9.17, 15) is 0 Å². The van der Waals surface area contributed by atoms with Gasteiger partial charge in [-0.05, 0) is 38.4 Å². The first kappa shape index (κ1) is 10.3. The summed E-state index contributed by atoms with van der Waals surface area (Å²) in [6.45, 7) is 9.20. The number of hydrogen-bond donors (Lipinski definition) is 0. The summed E-state index contributed by atoms with van der Waals surface area (Å²) in [6, 6.07) is 0. The van der Waals surface area contributed by atoms with Crippen LogP contribution in [0.2, 0.25) is 19.6 Å². The fraction of sp³-hybridized carbons (Fsp3) is 1.00. The fourth-order valence-corrected chi connectivity index (χ4v) is 3.17. The summed E-state index contributed by atoms with van der Waals surface area (Å²) < 4.78 is 6.13. The first-order valence-corrected chi connectivity index (χ1v) is 8.58. The zero-order chi connectivity index (χ0) is 9.19. The molecule has 0 saturated heterocycles. The van der Waals surface area contributed by atoms with Gasteiger partial charge in [-0.2, -0.15) is 0 Å². The fourth-order valence-electron chi connectivity index (χ4n) is 1.91. The Balaban J connectivity index is 2.39. The van der Waals surface area contributed by atoms with Crippen LogP contribution >= 0.6 is 0 Å². The Labute approximate surface area is 77.6 Å². The van der Waals surface area contributed by atoms with Gasteiger partial charge in [0.15, 0.2) is 8.32 Å². The van der Waals surface area contributed by atoms with Gasteiger partial charge in [0.2, 0.25) is 0 Å². The molecule has 1 rings (SSSR count). The summed E-state index contributed by atoms with van der Waals surface area (Å²) in [5.74, 6) is 0.797. The highest BCUT2D eigenvalue weighted by atomic mass is 28.4. The Hall–Kier alpha value is 0.177. The molecule has 0 spiro atoms. The molecule has 2 atom stereocenters. The van der Waals surface area contributed by atoms with Crippen LogP contribution in [0.15, 0.2) is 0 Å². The van der Waals surface area contributed by atoms with Crippen molar-refractivity contribution in [1.82, 2.24) is 0 Å². The molecule has 0 aromatic heterocycles. The van der Waals surface area contributed by atoms with Crippen LogP contribution in [0.1, 0.15) is 32.6 Å². The lowest BCUT2D eigenvalue weighted by Crippen LogP contribution is -2.36. The highest BCUT2D eigenvalue weighted by Gasteiger charge is 2.27. The van der Waals surface area contributed by atoms with Crippen molar-refractivity contribution in [3.05, 3.63) is 0 Å². The molecule has 2 heteroatoms. The van der Waals surface area contributed by atoms with Crippen LogP contribution in [0.25, 0.3) is 0 Å². The van der Waals surface area contributed by atoms with Gasteiger partial charge in [-0.15, -0.1) is 0 Å². The summed E-state index contributed by atoms with van der Waals surface area (Å²) in [5, 5.41) is 0. The second kappa shape index (κ2) is 3.92. The van der Waals surface area contributed by atoms with Crippen LogP contribution in [0.3, 0.4) is 0 Å². The lowest BCUT2D eigenvalue weighted by atomic mass is 9.88. The van der Waals surface area contributed by atoms with Crippen LogP contribution in [0.4, 0.5) is 0 Å². The molecule has 0 radical (unpaired) electrons. The Bertz CT molecular complexity index is 139. The molecule has 1 aliphatic carbocycles. The van der Waals surface area contributed by atoms with Crippen LogP contribution in [0.5, 0.6) is 0 Å². The zero-order valence-corrected chi connectivity index (χ0v) is 9.89. The average Bonchev–Trinajstić information content (AvgIpc) is 1.91. The minimum absolute atomic E-state index is 0.574. The summed E-state index contributed by atoms with van der Waals surface area (Å²) in [4.78, 5) is 0. The van der Waals surface area contributed by atoms with E-state index in [1.807, 2.05) is 0 Å². The van der Waals surface area contributed by atoms with Gasteiger partial charge in [0.05, 0.1) is 0 Å². The third-order valence-electron chi connectivity index (χ3n) is 2.54. The van der Waals surface area contributed by atoms with E-state index in [1.54, 1.807) is 0 Å². The van der Waals surface area contributed by atoms with E-state index < -0.39 is 8.32 Å². The summed E-state index contributed by atoms with van der Waals surface area (Å²) in [6.07, 6.45) is 6.03. The van der Waals surface area contributed by atoms with Crippen molar-refractivity contribution < 1.29 is 4.43 Å². The van der Waals surface area contributed by atoms with Gasteiger partial charge in [0, 0.05) is 6.10 Å². The zero-order valence-electron chi connectivity index (χ0n) is 8.89. The molecule has 12 heavy (non-hydrogen) atoms. The maximum absolute atomic E-state index is 6.13. The molecular formula is C10H22OSi. The van der Waals surface area contributed by atoms with Crippen molar-refractivity contribution in [3.8, 4) is 0 Å². The lowest BCUT2D eigenvalue weighted by molar-refractivity contribution is 0.0958. The molecule has 1 nitrogen and oxygen atoms in total. The topological polar surface area (TPSA) is 9.23 Å². The monoisotopic (exact) mass is 186 g/mol. The van der Waals surface area contributed by atoms with E-state index in [2.05, 4.69) is 26.6 Å². The first-order valence-electron chi connectivity index (χ1n) is 5.17. The van der Waals surface area contributed by atoms with E-state index in [4.69, 9.17) is 4.43 Å². The smallest absolute Gasteiger partial charge is 0.184 e. The molecule has 72 valence electrons. The van der Waals surface area contributed by atoms with Crippen LogP contribution in [-0.4, -0.2) is 14.4 Å². The maximum atomic E-state index is 6.13. The minimum Gasteiger partial charge on any atom is -0.414 e. The van der Waals surface area contributed by atoms with Crippen LogP contribution in [0, 0.1) is 5.92 Å². The van der Waals surface area contributed by atoms with Crippen molar-refractivity contribution >= 4 is 8.32 Å². The van der Waals surface area contributed by atoms with Crippen molar-refractivity contribution in [3.63, 3.8) is 0 Å². The predicted molar refractivity (Wildman–Crippen MR) is 55.9 cm³/mol. The third kappa shape index (κ3) is 3.28. The first-order chi connectivity index (χ1) is 5.49. The van der Waals surface area contributed by atoms with Crippen molar-refractivity contribution in [2.75, 3.05) is 0 Å². The van der Waals surface area contributed by atoms with Crippen LogP contribution in [-0.2, 0) is 4.43 Å². The molecule has 1 aliphatic rings. The molecule has 0 aromatic rings. The predicted octanol–water partition coefficient (Wildman–Crippen LogP) is 3.42. The van der Waals surface area contributed by atoms with Crippen molar-refractivity contribution in [1.29, 1.82) is 0 Å². The maximum Gasteiger partial charge on any atom is 0.184 e. The van der Waals surface area contributed by atoms with E-state index in [0.29, 0.717) is 6.10 Å². The molecule has 0 amide bonds. The highest BCUT2D eigenvalue weighted by molar-refractivity contribution is 6.69. The van der Waals surface area contributed by atoms with Gasteiger partial charge >= 0.3 is 0 Å². The number of hydrogen-bond acceptors (Lipinski definition) is 1. The Kier molecular flexibility index (Phi) is 3.35. The van der Waals surface area contributed by atoms with Gasteiger partial charge in [0.25, 0.3) is 0 Å². The SMILES string of the molecule is C[C@H]1CCCC[C@@H]1O[Si](C)(C)C. The Morgan fingerprint density at radius 3 is 2.17 bits per heavy atom. The summed E-state index contributed by atoms with van der Waals surface area (Å²) in [5.41, 5.74) is 0.